The van der Waals surface area contributed by atoms with Crippen molar-refractivity contribution in [2.75, 3.05) is 19.0 Å². The molecule has 0 atom stereocenters. The van der Waals surface area contributed by atoms with Crippen molar-refractivity contribution in [3.8, 4) is 0 Å². The molecule has 6 heteroatoms. The maximum Gasteiger partial charge on any atom is 0.343 e. The number of carboxylic acid groups (broad SMARTS) is 1. The Labute approximate surface area is 85.8 Å². The summed E-state index contributed by atoms with van der Waals surface area (Å²) < 4.78 is 1.46. The lowest BCUT2D eigenvalue weighted by atomic mass is 10.3. The standard InChI is InChI=1S/C9H10N4O2/c1-12(2)8-6(9(14)15)7-10-4-3-5-13(7)11-8/h3-5H,1-2H3,(H,14,15). The summed E-state index contributed by atoms with van der Waals surface area (Å²) >= 11 is 0. The zero-order chi connectivity index (χ0) is 11.0. The summed E-state index contributed by atoms with van der Waals surface area (Å²) in [6.07, 6.45) is 3.21. The van der Waals surface area contributed by atoms with Gasteiger partial charge < -0.3 is 10.0 Å². The summed E-state index contributed by atoms with van der Waals surface area (Å²) in [5, 5.41) is 13.2. The highest BCUT2D eigenvalue weighted by atomic mass is 16.4. The molecule has 0 aliphatic carbocycles. The molecular weight excluding hydrogens is 196 g/mol. The Morgan fingerprint density at radius 1 is 1.53 bits per heavy atom. The molecule has 1 N–H and O–H groups in total. The lowest BCUT2D eigenvalue weighted by Crippen LogP contribution is -2.13. The molecular formula is C9H10N4O2. The Balaban J connectivity index is 2.80. The molecule has 2 aromatic rings. The fourth-order valence-corrected chi connectivity index (χ4v) is 1.38. The van der Waals surface area contributed by atoms with E-state index in [-0.39, 0.29) is 5.56 Å². The highest BCUT2D eigenvalue weighted by Gasteiger charge is 2.20. The van der Waals surface area contributed by atoms with Gasteiger partial charge in [-0.2, -0.15) is 0 Å². The van der Waals surface area contributed by atoms with Gasteiger partial charge in [0.15, 0.2) is 11.5 Å². The first-order chi connectivity index (χ1) is 7.11. The molecule has 2 heterocycles. The van der Waals surface area contributed by atoms with Crippen LogP contribution in [0.25, 0.3) is 5.65 Å². The van der Waals surface area contributed by atoms with E-state index < -0.39 is 5.97 Å². The first-order valence-corrected chi connectivity index (χ1v) is 4.35. The van der Waals surface area contributed by atoms with E-state index in [9.17, 15) is 4.79 Å². The Hall–Kier alpha value is -2.11. The van der Waals surface area contributed by atoms with Crippen molar-refractivity contribution in [2.45, 2.75) is 0 Å². The molecule has 0 aliphatic heterocycles. The van der Waals surface area contributed by atoms with Crippen LogP contribution in [-0.4, -0.2) is 39.8 Å². The molecule has 0 radical (unpaired) electrons. The van der Waals surface area contributed by atoms with Gasteiger partial charge in [0.2, 0.25) is 0 Å². The summed E-state index contributed by atoms with van der Waals surface area (Å²) in [5.41, 5.74) is 0.481. The molecule has 15 heavy (non-hydrogen) atoms. The summed E-state index contributed by atoms with van der Waals surface area (Å²) in [7, 11) is 3.49. The van der Waals surface area contributed by atoms with Gasteiger partial charge in [0.05, 0.1) is 0 Å². The molecule has 0 saturated carbocycles. The lowest BCUT2D eigenvalue weighted by Gasteiger charge is -2.07. The second-order valence-electron chi connectivity index (χ2n) is 3.29. The first-order valence-electron chi connectivity index (χ1n) is 4.35. The van der Waals surface area contributed by atoms with Crippen LogP contribution in [0.5, 0.6) is 0 Å². The zero-order valence-corrected chi connectivity index (χ0v) is 8.38. The van der Waals surface area contributed by atoms with Gasteiger partial charge in [-0.25, -0.2) is 14.3 Å². The maximum atomic E-state index is 11.1. The third-order valence-electron chi connectivity index (χ3n) is 2.01. The monoisotopic (exact) mass is 206 g/mol. The minimum atomic E-state index is -1.02. The predicted octanol–water partition coefficient (Wildman–Crippen LogP) is 0.493. The summed E-state index contributed by atoms with van der Waals surface area (Å²) in [5.74, 6) is -0.617. The molecule has 0 saturated heterocycles. The molecule has 0 aliphatic rings. The van der Waals surface area contributed by atoms with Crippen LogP contribution in [0.15, 0.2) is 18.5 Å². The SMILES string of the molecule is CN(C)c1nn2cccnc2c1C(=O)O. The summed E-state index contributed by atoms with van der Waals surface area (Å²) in [4.78, 5) is 16.7. The van der Waals surface area contributed by atoms with Crippen LogP contribution < -0.4 is 4.90 Å². The number of rotatable bonds is 2. The van der Waals surface area contributed by atoms with Crippen molar-refractivity contribution >= 4 is 17.4 Å². The molecule has 0 fully saturated rings. The van der Waals surface area contributed by atoms with Gasteiger partial charge in [-0.3, -0.25) is 0 Å². The van der Waals surface area contributed by atoms with E-state index in [0.29, 0.717) is 11.5 Å². The van der Waals surface area contributed by atoms with Crippen LogP contribution in [0, 0.1) is 0 Å². The second-order valence-corrected chi connectivity index (χ2v) is 3.29. The van der Waals surface area contributed by atoms with Crippen molar-refractivity contribution < 1.29 is 9.90 Å². The number of hydrogen-bond donors (Lipinski definition) is 1. The average molecular weight is 206 g/mol. The third-order valence-corrected chi connectivity index (χ3v) is 2.01. The van der Waals surface area contributed by atoms with Crippen LogP contribution in [0.1, 0.15) is 10.4 Å². The van der Waals surface area contributed by atoms with Crippen LogP contribution in [0.4, 0.5) is 5.82 Å². The summed E-state index contributed by atoms with van der Waals surface area (Å²) in [6, 6.07) is 1.70. The molecule has 0 amide bonds. The molecule has 2 aromatic heterocycles. The van der Waals surface area contributed by atoms with Gasteiger partial charge in [-0.15, -0.1) is 5.10 Å². The van der Waals surface area contributed by atoms with E-state index in [1.165, 1.54) is 4.52 Å². The first kappa shape index (κ1) is 9.45. The van der Waals surface area contributed by atoms with E-state index in [0.717, 1.165) is 0 Å². The highest BCUT2D eigenvalue weighted by molar-refractivity contribution is 6.00. The number of aromatic nitrogens is 3. The van der Waals surface area contributed by atoms with Crippen LogP contribution in [-0.2, 0) is 0 Å². The zero-order valence-electron chi connectivity index (χ0n) is 8.38. The van der Waals surface area contributed by atoms with Gasteiger partial charge in [0, 0.05) is 26.5 Å². The van der Waals surface area contributed by atoms with Crippen molar-refractivity contribution in [3.05, 3.63) is 24.0 Å². The van der Waals surface area contributed by atoms with Crippen LogP contribution in [0.2, 0.25) is 0 Å². The smallest absolute Gasteiger partial charge is 0.343 e. The predicted molar refractivity (Wildman–Crippen MR) is 54.3 cm³/mol. The van der Waals surface area contributed by atoms with Gasteiger partial charge in [0.1, 0.15) is 5.56 Å². The Bertz CT molecular complexity index is 518. The largest absolute Gasteiger partial charge is 0.477 e. The molecule has 0 spiro atoms. The number of anilines is 1. The minimum absolute atomic E-state index is 0.126. The third kappa shape index (κ3) is 1.39. The number of fused-ring (bicyclic) bond motifs is 1. The molecule has 78 valence electrons. The normalized spacial score (nSPS) is 10.5. The molecule has 0 aromatic carbocycles. The van der Waals surface area contributed by atoms with E-state index in [1.807, 2.05) is 0 Å². The number of carbonyl (C=O) groups is 1. The quantitative estimate of drug-likeness (QED) is 0.774. The van der Waals surface area contributed by atoms with Crippen molar-refractivity contribution in [3.63, 3.8) is 0 Å². The lowest BCUT2D eigenvalue weighted by molar-refractivity contribution is 0.0699. The fraction of sp³-hybridized carbons (Fsp3) is 0.222. The number of aromatic carboxylic acids is 1. The van der Waals surface area contributed by atoms with Crippen LogP contribution in [0.3, 0.4) is 0 Å². The van der Waals surface area contributed by atoms with E-state index in [2.05, 4.69) is 10.1 Å². The topological polar surface area (TPSA) is 70.7 Å². The second kappa shape index (κ2) is 3.23. The van der Waals surface area contributed by atoms with Gasteiger partial charge in [-0.1, -0.05) is 0 Å². The van der Waals surface area contributed by atoms with Gasteiger partial charge >= 0.3 is 5.97 Å². The van der Waals surface area contributed by atoms with Crippen molar-refractivity contribution in [2.24, 2.45) is 0 Å². The molecule has 6 nitrogen and oxygen atoms in total. The van der Waals surface area contributed by atoms with Crippen molar-refractivity contribution in [1.29, 1.82) is 0 Å². The average Bonchev–Trinajstić information content (AvgIpc) is 2.56. The Morgan fingerprint density at radius 3 is 2.87 bits per heavy atom. The molecule has 0 bridgehead atoms. The highest BCUT2D eigenvalue weighted by Crippen LogP contribution is 2.20. The van der Waals surface area contributed by atoms with E-state index in [4.69, 9.17) is 5.11 Å². The van der Waals surface area contributed by atoms with Gasteiger partial charge in [-0.05, 0) is 6.07 Å². The summed E-state index contributed by atoms with van der Waals surface area (Å²) in [6.45, 7) is 0. The van der Waals surface area contributed by atoms with Crippen molar-refractivity contribution in [1.82, 2.24) is 14.6 Å². The Morgan fingerprint density at radius 2 is 2.27 bits per heavy atom. The van der Waals surface area contributed by atoms with E-state index >= 15 is 0 Å². The Kier molecular flexibility index (Phi) is 2.03. The number of hydrogen-bond acceptors (Lipinski definition) is 4. The fourth-order valence-electron chi connectivity index (χ4n) is 1.38. The van der Waals surface area contributed by atoms with Crippen LogP contribution >= 0.6 is 0 Å². The van der Waals surface area contributed by atoms with E-state index in [1.54, 1.807) is 37.5 Å². The van der Waals surface area contributed by atoms with Gasteiger partial charge in [0.25, 0.3) is 0 Å². The number of carboxylic acids is 1. The molecule has 0 unspecified atom stereocenters. The molecule has 2 rings (SSSR count). The maximum absolute atomic E-state index is 11.1. The minimum Gasteiger partial charge on any atom is -0.477 e. The number of nitrogens with zero attached hydrogens (tertiary/aromatic N) is 4.